The molecule has 3 heterocycles. The van der Waals surface area contributed by atoms with Gasteiger partial charge in [-0.2, -0.15) is 0 Å². The van der Waals surface area contributed by atoms with Gasteiger partial charge in [-0.25, -0.2) is 0 Å². The van der Waals surface area contributed by atoms with Crippen molar-refractivity contribution in [2.75, 3.05) is 46.4 Å². The summed E-state index contributed by atoms with van der Waals surface area (Å²) in [6.07, 6.45) is 5.79. The highest BCUT2D eigenvalue weighted by Gasteiger charge is 2.33. The lowest BCUT2D eigenvalue weighted by Crippen LogP contribution is -2.50. The van der Waals surface area contributed by atoms with Crippen molar-refractivity contribution in [3.05, 3.63) is 22.4 Å². The van der Waals surface area contributed by atoms with E-state index in [0.29, 0.717) is 11.9 Å². The quantitative estimate of drug-likeness (QED) is 0.310. The van der Waals surface area contributed by atoms with E-state index >= 15 is 0 Å². The largest absolute Gasteiger partial charge is 0.376 e. The molecule has 3 fully saturated rings. The molecule has 1 aliphatic carbocycles. The Labute approximate surface area is 213 Å². The molecule has 2 aliphatic heterocycles. The molecule has 9 heteroatoms. The summed E-state index contributed by atoms with van der Waals surface area (Å²) in [5, 5.41) is 9.26. The van der Waals surface area contributed by atoms with E-state index in [-0.39, 0.29) is 42.0 Å². The number of likely N-dealkylation sites (tertiary alicyclic amines) is 1. The molecule has 1 aromatic heterocycles. The van der Waals surface area contributed by atoms with Gasteiger partial charge in [-0.05, 0) is 37.6 Å². The highest BCUT2D eigenvalue weighted by atomic mass is 127. The van der Waals surface area contributed by atoms with Crippen LogP contribution in [0.15, 0.2) is 22.5 Å². The summed E-state index contributed by atoms with van der Waals surface area (Å²) in [5.74, 6) is 1.45. The number of morpholine rings is 1. The van der Waals surface area contributed by atoms with Crippen LogP contribution < -0.4 is 10.6 Å². The molecule has 2 saturated heterocycles. The molecular formula is C23H38IN5O2S. The van der Waals surface area contributed by atoms with Gasteiger partial charge in [0.25, 0.3) is 0 Å². The predicted octanol–water partition coefficient (Wildman–Crippen LogP) is 3.08. The zero-order valence-corrected chi connectivity index (χ0v) is 22.4. The number of ether oxygens (including phenoxy) is 1. The van der Waals surface area contributed by atoms with Gasteiger partial charge in [-0.15, -0.1) is 35.3 Å². The number of hydrogen-bond donors (Lipinski definition) is 2. The molecule has 3 atom stereocenters. The number of aliphatic imine (C=N–C) groups is 1. The van der Waals surface area contributed by atoms with Gasteiger partial charge in [0.15, 0.2) is 5.96 Å². The van der Waals surface area contributed by atoms with Crippen molar-refractivity contribution in [2.45, 2.75) is 57.2 Å². The van der Waals surface area contributed by atoms with Crippen LogP contribution in [0.25, 0.3) is 0 Å². The van der Waals surface area contributed by atoms with Crippen LogP contribution in [0.3, 0.4) is 0 Å². The topological polar surface area (TPSA) is 69.2 Å². The van der Waals surface area contributed by atoms with E-state index in [0.717, 1.165) is 64.6 Å². The van der Waals surface area contributed by atoms with E-state index in [1.807, 2.05) is 7.05 Å². The Balaban J connectivity index is 0.00000289. The van der Waals surface area contributed by atoms with Gasteiger partial charge in [-0.3, -0.25) is 14.7 Å². The third kappa shape index (κ3) is 6.57. The Bertz CT molecular complexity index is 741. The Morgan fingerprint density at radius 3 is 2.78 bits per heavy atom. The van der Waals surface area contributed by atoms with Crippen LogP contribution in [0.4, 0.5) is 0 Å². The first-order valence-electron chi connectivity index (χ1n) is 11.8. The van der Waals surface area contributed by atoms with Gasteiger partial charge < -0.3 is 20.3 Å². The van der Waals surface area contributed by atoms with Gasteiger partial charge in [0.05, 0.1) is 18.8 Å². The number of hydrogen-bond acceptors (Lipinski definition) is 5. The second-order valence-electron chi connectivity index (χ2n) is 9.06. The number of rotatable bonds is 6. The summed E-state index contributed by atoms with van der Waals surface area (Å²) in [4.78, 5) is 23.1. The third-order valence-electron chi connectivity index (χ3n) is 6.82. The van der Waals surface area contributed by atoms with Crippen LogP contribution >= 0.6 is 35.3 Å². The average molecular weight is 576 g/mol. The molecule has 2 N–H and O–H groups in total. The van der Waals surface area contributed by atoms with Gasteiger partial charge in [0.2, 0.25) is 5.91 Å². The summed E-state index contributed by atoms with van der Waals surface area (Å²) in [6.45, 7) is 7.25. The van der Waals surface area contributed by atoms with Gasteiger partial charge in [0, 0.05) is 56.6 Å². The van der Waals surface area contributed by atoms with Crippen molar-refractivity contribution in [1.82, 2.24) is 20.4 Å². The van der Waals surface area contributed by atoms with Crippen LogP contribution in [0.5, 0.6) is 0 Å². The van der Waals surface area contributed by atoms with E-state index in [2.05, 4.69) is 49.9 Å². The van der Waals surface area contributed by atoms with Gasteiger partial charge in [-0.1, -0.05) is 18.9 Å². The van der Waals surface area contributed by atoms with Crippen molar-refractivity contribution in [1.29, 1.82) is 0 Å². The van der Waals surface area contributed by atoms with E-state index in [4.69, 9.17) is 4.74 Å². The van der Waals surface area contributed by atoms with E-state index in [1.165, 1.54) is 17.7 Å². The molecule has 1 saturated carbocycles. The Hall–Kier alpha value is -0.910. The van der Waals surface area contributed by atoms with Crippen molar-refractivity contribution >= 4 is 47.2 Å². The lowest BCUT2D eigenvalue weighted by Gasteiger charge is -2.37. The summed E-state index contributed by atoms with van der Waals surface area (Å²) in [6, 6.07) is 4.91. The highest BCUT2D eigenvalue weighted by molar-refractivity contribution is 14.0. The van der Waals surface area contributed by atoms with Crippen molar-refractivity contribution in [2.24, 2.45) is 10.9 Å². The maximum absolute atomic E-state index is 12.7. The summed E-state index contributed by atoms with van der Waals surface area (Å²) in [5.41, 5.74) is 0. The number of guanidine groups is 1. The van der Waals surface area contributed by atoms with Crippen molar-refractivity contribution < 1.29 is 9.53 Å². The molecule has 4 rings (SSSR count). The molecule has 0 aromatic carbocycles. The van der Waals surface area contributed by atoms with Crippen LogP contribution in [-0.4, -0.2) is 80.2 Å². The fraction of sp³-hybridized carbons (Fsp3) is 0.739. The number of thiophene rings is 1. The zero-order valence-electron chi connectivity index (χ0n) is 19.3. The fourth-order valence-electron chi connectivity index (χ4n) is 5.11. The maximum Gasteiger partial charge on any atom is 0.225 e. The number of nitrogens with zero attached hydrogens (tertiary/aromatic N) is 3. The lowest BCUT2D eigenvalue weighted by molar-refractivity contribution is -0.134. The minimum Gasteiger partial charge on any atom is -0.376 e. The van der Waals surface area contributed by atoms with Gasteiger partial charge >= 0.3 is 0 Å². The predicted molar refractivity (Wildman–Crippen MR) is 141 cm³/mol. The number of halogens is 1. The molecule has 32 heavy (non-hydrogen) atoms. The minimum atomic E-state index is 0. The molecule has 1 amide bonds. The van der Waals surface area contributed by atoms with E-state index in [9.17, 15) is 4.79 Å². The molecule has 0 radical (unpaired) electrons. The standard InChI is InChI=1S/C23H37N5O2S.HI/c1-17-15-27(11-12-30-17)20(21-8-5-13-31-21)14-25-23(24-2)26-19-9-10-28(16-19)22(29)18-6-3-4-7-18;/h5,8,13,17-20H,3-4,6-7,9-12,14-16H2,1-2H3,(H2,24,25,26);1H. The fourth-order valence-corrected chi connectivity index (χ4v) is 5.97. The summed E-state index contributed by atoms with van der Waals surface area (Å²) < 4.78 is 5.75. The average Bonchev–Trinajstić information content (AvgIpc) is 3.55. The maximum atomic E-state index is 12.7. The van der Waals surface area contributed by atoms with Crippen molar-refractivity contribution in [3.63, 3.8) is 0 Å². The number of carbonyl (C=O) groups is 1. The zero-order chi connectivity index (χ0) is 21.6. The molecule has 0 bridgehead atoms. The smallest absolute Gasteiger partial charge is 0.225 e. The Morgan fingerprint density at radius 1 is 1.28 bits per heavy atom. The summed E-state index contributed by atoms with van der Waals surface area (Å²) >= 11 is 1.81. The normalized spacial score (nSPS) is 26.1. The third-order valence-corrected chi connectivity index (χ3v) is 7.79. The van der Waals surface area contributed by atoms with Gasteiger partial charge in [0.1, 0.15) is 0 Å². The molecule has 3 unspecified atom stereocenters. The molecule has 180 valence electrons. The highest BCUT2D eigenvalue weighted by Crippen LogP contribution is 2.28. The van der Waals surface area contributed by atoms with Crippen LogP contribution in [0.2, 0.25) is 0 Å². The minimum absolute atomic E-state index is 0. The molecule has 3 aliphatic rings. The molecular weight excluding hydrogens is 537 g/mol. The second-order valence-corrected chi connectivity index (χ2v) is 10.0. The van der Waals surface area contributed by atoms with Crippen LogP contribution in [0.1, 0.15) is 49.9 Å². The monoisotopic (exact) mass is 575 g/mol. The van der Waals surface area contributed by atoms with Crippen LogP contribution in [-0.2, 0) is 9.53 Å². The Morgan fingerprint density at radius 2 is 2.09 bits per heavy atom. The van der Waals surface area contributed by atoms with E-state index < -0.39 is 0 Å². The number of carbonyl (C=O) groups excluding carboxylic acids is 1. The number of nitrogens with one attached hydrogen (secondary N) is 2. The second kappa shape index (κ2) is 12.5. The van der Waals surface area contributed by atoms with Crippen LogP contribution in [0, 0.1) is 5.92 Å². The molecule has 1 aromatic rings. The molecule has 7 nitrogen and oxygen atoms in total. The summed E-state index contributed by atoms with van der Waals surface area (Å²) in [7, 11) is 1.82. The first-order valence-corrected chi connectivity index (χ1v) is 12.7. The number of amides is 1. The first kappa shape index (κ1) is 25.7. The Kier molecular flexibility index (Phi) is 10.1. The first-order chi connectivity index (χ1) is 15.1. The van der Waals surface area contributed by atoms with E-state index in [1.54, 1.807) is 11.3 Å². The van der Waals surface area contributed by atoms with Crippen molar-refractivity contribution in [3.8, 4) is 0 Å². The molecule has 0 spiro atoms. The lowest BCUT2D eigenvalue weighted by atomic mass is 10.1. The SMILES string of the molecule is CN=C(NCC(c1cccs1)N1CCOC(C)C1)NC1CCN(C(=O)C2CCCC2)C1.I.